The zero-order valence-corrected chi connectivity index (χ0v) is 14.0. The van der Waals surface area contributed by atoms with Crippen molar-refractivity contribution < 1.29 is 23.1 Å². The van der Waals surface area contributed by atoms with Gasteiger partial charge in [-0.05, 0) is 49.9 Å². The molecule has 0 aromatic heterocycles. The second-order valence-corrected chi connectivity index (χ2v) is 8.00. The van der Waals surface area contributed by atoms with E-state index in [-0.39, 0.29) is 17.3 Å². The fraction of sp³-hybridized carbons (Fsp3) is 0.500. The molecule has 3 rings (SSSR count). The third kappa shape index (κ3) is 3.03. The van der Waals surface area contributed by atoms with E-state index < -0.39 is 22.0 Å². The second kappa shape index (κ2) is 6.52. The van der Waals surface area contributed by atoms with Gasteiger partial charge in [0.2, 0.25) is 15.9 Å². The largest absolute Gasteiger partial charge is 0.480 e. The standard InChI is InChI=1S/C16H20N2O5S/c19-15-5-3-10-17(15)12-6-8-13(9-7-12)24(22,23)18-11-2-1-4-14(18)16(20)21/h6-9,14H,1-5,10-11H2,(H,20,21). The molecule has 2 aliphatic rings. The predicted molar refractivity (Wildman–Crippen MR) is 87.2 cm³/mol. The third-order valence-electron chi connectivity index (χ3n) is 4.57. The Kier molecular flexibility index (Phi) is 4.60. The van der Waals surface area contributed by atoms with Gasteiger partial charge in [-0.3, -0.25) is 9.59 Å². The first-order valence-corrected chi connectivity index (χ1v) is 9.50. The average molecular weight is 352 g/mol. The summed E-state index contributed by atoms with van der Waals surface area (Å²) in [7, 11) is -3.86. The van der Waals surface area contributed by atoms with E-state index in [2.05, 4.69) is 0 Å². The quantitative estimate of drug-likeness (QED) is 0.885. The van der Waals surface area contributed by atoms with Crippen molar-refractivity contribution in [2.24, 2.45) is 0 Å². The van der Waals surface area contributed by atoms with Crippen molar-refractivity contribution in [3.05, 3.63) is 24.3 Å². The van der Waals surface area contributed by atoms with Crippen LogP contribution in [0.5, 0.6) is 0 Å². The lowest BCUT2D eigenvalue weighted by Crippen LogP contribution is -2.47. The van der Waals surface area contributed by atoms with Crippen LogP contribution in [0, 0.1) is 0 Å². The number of anilines is 1. The molecule has 1 N–H and O–H groups in total. The summed E-state index contributed by atoms with van der Waals surface area (Å²) >= 11 is 0. The SMILES string of the molecule is O=C(O)C1CCCCN1S(=O)(=O)c1ccc(N2CCCC2=O)cc1. The molecule has 1 unspecified atom stereocenters. The van der Waals surface area contributed by atoms with Crippen LogP contribution in [-0.2, 0) is 19.6 Å². The summed E-state index contributed by atoms with van der Waals surface area (Å²) in [6.45, 7) is 0.851. The highest BCUT2D eigenvalue weighted by Gasteiger charge is 2.37. The van der Waals surface area contributed by atoms with E-state index in [9.17, 15) is 23.1 Å². The first-order chi connectivity index (χ1) is 11.4. The second-order valence-electron chi connectivity index (χ2n) is 6.11. The lowest BCUT2D eigenvalue weighted by molar-refractivity contribution is -0.142. The zero-order valence-electron chi connectivity index (χ0n) is 13.2. The summed E-state index contributed by atoms with van der Waals surface area (Å²) in [5, 5.41) is 9.29. The highest BCUT2D eigenvalue weighted by molar-refractivity contribution is 7.89. The summed E-state index contributed by atoms with van der Waals surface area (Å²) in [5.74, 6) is -1.08. The first-order valence-electron chi connectivity index (χ1n) is 8.06. The van der Waals surface area contributed by atoms with Gasteiger partial charge in [0, 0.05) is 25.2 Å². The van der Waals surface area contributed by atoms with Gasteiger partial charge in [-0.25, -0.2) is 8.42 Å². The van der Waals surface area contributed by atoms with Crippen LogP contribution >= 0.6 is 0 Å². The summed E-state index contributed by atoms with van der Waals surface area (Å²) < 4.78 is 26.6. The number of aliphatic carboxylic acids is 1. The molecule has 8 heteroatoms. The van der Waals surface area contributed by atoms with Crippen LogP contribution in [0.2, 0.25) is 0 Å². The maximum absolute atomic E-state index is 12.8. The number of hydrogen-bond donors (Lipinski definition) is 1. The van der Waals surface area contributed by atoms with Gasteiger partial charge in [0.25, 0.3) is 0 Å². The number of amides is 1. The van der Waals surface area contributed by atoms with Gasteiger partial charge < -0.3 is 10.0 Å². The van der Waals surface area contributed by atoms with Crippen LogP contribution in [0.25, 0.3) is 0 Å². The van der Waals surface area contributed by atoms with E-state index in [4.69, 9.17) is 0 Å². The normalized spacial score (nSPS) is 22.8. The molecule has 1 aromatic rings. The van der Waals surface area contributed by atoms with Crippen molar-refractivity contribution in [1.82, 2.24) is 4.31 Å². The fourth-order valence-corrected chi connectivity index (χ4v) is 4.94. The number of rotatable bonds is 4. The number of carboxylic acids is 1. The summed E-state index contributed by atoms with van der Waals surface area (Å²) in [5.41, 5.74) is 0.671. The van der Waals surface area contributed by atoms with Crippen LogP contribution < -0.4 is 4.90 Å². The molecule has 2 saturated heterocycles. The summed E-state index contributed by atoms with van der Waals surface area (Å²) in [6.07, 6.45) is 3.00. The molecule has 130 valence electrons. The van der Waals surface area contributed by atoms with E-state index in [1.807, 2.05) is 0 Å². The summed E-state index contributed by atoms with van der Waals surface area (Å²) in [6, 6.07) is 5.10. The molecule has 0 radical (unpaired) electrons. The van der Waals surface area contributed by atoms with Crippen molar-refractivity contribution in [3.63, 3.8) is 0 Å². The number of hydrogen-bond acceptors (Lipinski definition) is 4. The zero-order chi connectivity index (χ0) is 17.3. The van der Waals surface area contributed by atoms with E-state index in [0.717, 1.165) is 10.7 Å². The Bertz CT molecular complexity index is 744. The van der Waals surface area contributed by atoms with Crippen LogP contribution in [0.4, 0.5) is 5.69 Å². The number of carbonyl (C=O) groups excluding carboxylic acids is 1. The average Bonchev–Trinajstić information content (AvgIpc) is 3.01. The van der Waals surface area contributed by atoms with Crippen molar-refractivity contribution in [2.45, 2.75) is 43.0 Å². The maximum Gasteiger partial charge on any atom is 0.322 e. The van der Waals surface area contributed by atoms with Crippen molar-refractivity contribution >= 4 is 27.6 Å². The number of nitrogens with zero attached hydrogens (tertiary/aromatic N) is 2. The Morgan fingerprint density at radius 1 is 1.08 bits per heavy atom. The number of piperidine rings is 1. The van der Waals surface area contributed by atoms with Crippen LogP contribution in [0.15, 0.2) is 29.2 Å². The van der Waals surface area contributed by atoms with Crippen molar-refractivity contribution in [2.75, 3.05) is 18.0 Å². The topological polar surface area (TPSA) is 95.0 Å². The summed E-state index contributed by atoms with van der Waals surface area (Å²) in [4.78, 5) is 24.8. The minimum absolute atomic E-state index is 0.0348. The molecule has 2 aliphatic heterocycles. The smallest absolute Gasteiger partial charge is 0.322 e. The van der Waals surface area contributed by atoms with E-state index in [1.165, 1.54) is 12.1 Å². The van der Waals surface area contributed by atoms with Gasteiger partial charge in [0.15, 0.2) is 0 Å². The van der Waals surface area contributed by atoms with Crippen LogP contribution in [0.1, 0.15) is 32.1 Å². The molecule has 1 atom stereocenters. The van der Waals surface area contributed by atoms with Gasteiger partial charge in [-0.2, -0.15) is 4.31 Å². The molecule has 2 heterocycles. The molecule has 2 fully saturated rings. The number of carboxylic acid groups (broad SMARTS) is 1. The van der Waals surface area contributed by atoms with Crippen LogP contribution in [0.3, 0.4) is 0 Å². The molecule has 0 saturated carbocycles. The fourth-order valence-electron chi connectivity index (χ4n) is 3.29. The molecule has 1 amide bonds. The van der Waals surface area contributed by atoms with Crippen LogP contribution in [-0.4, -0.2) is 48.8 Å². The van der Waals surface area contributed by atoms with Gasteiger partial charge in [-0.15, -0.1) is 0 Å². The van der Waals surface area contributed by atoms with Crippen molar-refractivity contribution in [1.29, 1.82) is 0 Å². The molecule has 7 nitrogen and oxygen atoms in total. The Hall–Kier alpha value is -1.93. The maximum atomic E-state index is 12.8. The molecule has 0 aliphatic carbocycles. The van der Waals surface area contributed by atoms with E-state index in [1.54, 1.807) is 17.0 Å². The Labute approximate surface area is 140 Å². The Morgan fingerprint density at radius 2 is 1.79 bits per heavy atom. The van der Waals surface area contributed by atoms with Crippen molar-refractivity contribution in [3.8, 4) is 0 Å². The number of carbonyl (C=O) groups is 2. The molecule has 1 aromatic carbocycles. The van der Waals surface area contributed by atoms with Gasteiger partial charge in [-0.1, -0.05) is 0 Å². The minimum Gasteiger partial charge on any atom is -0.480 e. The van der Waals surface area contributed by atoms with E-state index >= 15 is 0 Å². The highest BCUT2D eigenvalue weighted by atomic mass is 32.2. The molecular formula is C16H20N2O5S. The van der Waals surface area contributed by atoms with E-state index in [0.29, 0.717) is 37.9 Å². The lowest BCUT2D eigenvalue weighted by atomic mass is 10.1. The molecular weight excluding hydrogens is 332 g/mol. The molecule has 24 heavy (non-hydrogen) atoms. The monoisotopic (exact) mass is 352 g/mol. The van der Waals surface area contributed by atoms with Gasteiger partial charge in [0.1, 0.15) is 6.04 Å². The Balaban J connectivity index is 1.86. The lowest BCUT2D eigenvalue weighted by Gasteiger charge is -2.31. The number of sulfonamides is 1. The minimum atomic E-state index is -3.86. The first kappa shape index (κ1) is 16.9. The Morgan fingerprint density at radius 3 is 2.38 bits per heavy atom. The highest BCUT2D eigenvalue weighted by Crippen LogP contribution is 2.28. The predicted octanol–water partition coefficient (Wildman–Crippen LogP) is 1.44. The molecule has 0 bridgehead atoms. The third-order valence-corrected chi connectivity index (χ3v) is 6.49. The van der Waals surface area contributed by atoms with Gasteiger partial charge >= 0.3 is 5.97 Å². The number of benzene rings is 1. The van der Waals surface area contributed by atoms with Gasteiger partial charge in [0.05, 0.1) is 4.90 Å². The molecule has 0 spiro atoms.